The highest BCUT2D eigenvalue weighted by molar-refractivity contribution is 9.10. The Morgan fingerprint density at radius 1 is 1.42 bits per heavy atom. The molecular formula is C6H2BrF2NO2. The molecule has 3 nitrogen and oxygen atoms in total. The van der Waals surface area contributed by atoms with E-state index in [1.807, 2.05) is 0 Å². The summed E-state index contributed by atoms with van der Waals surface area (Å²) >= 11 is 2.57. The molecular weight excluding hydrogens is 236 g/mol. The van der Waals surface area contributed by atoms with Gasteiger partial charge in [-0.2, -0.15) is 0 Å². The van der Waals surface area contributed by atoms with Gasteiger partial charge in [-0.15, -0.1) is 0 Å². The molecule has 0 saturated heterocycles. The topological polar surface area (TPSA) is 43.1 Å². The van der Waals surface area contributed by atoms with E-state index in [2.05, 4.69) is 15.9 Å². The van der Waals surface area contributed by atoms with Crippen LogP contribution in [0.1, 0.15) is 0 Å². The molecule has 64 valence electrons. The van der Waals surface area contributed by atoms with Gasteiger partial charge in [0.1, 0.15) is 4.47 Å². The van der Waals surface area contributed by atoms with Gasteiger partial charge in [0.25, 0.3) is 5.69 Å². The maximum atomic E-state index is 12.6. The zero-order chi connectivity index (χ0) is 9.30. The number of rotatable bonds is 1. The molecule has 0 N–H and O–H groups in total. The van der Waals surface area contributed by atoms with E-state index in [9.17, 15) is 18.9 Å². The first-order chi connectivity index (χ1) is 5.54. The number of nitrogens with zero attached hydrogens (tertiary/aromatic N) is 1. The number of hydrogen-bond acceptors (Lipinski definition) is 2. The van der Waals surface area contributed by atoms with Gasteiger partial charge in [0.05, 0.1) is 4.92 Å². The summed E-state index contributed by atoms with van der Waals surface area (Å²) in [5, 5.41) is 10.2. The molecule has 6 heteroatoms. The molecule has 1 aromatic rings. The lowest BCUT2D eigenvalue weighted by atomic mass is 10.3. The highest BCUT2D eigenvalue weighted by Crippen LogP contribution is 2.28. The molecule has 0 aromatic heterocycles. The monoisotopic (exact) mass is 237 g/mol. The van der Waals surface area contributed by atoms with Gasteiger partial charge >= 0.3 is 0 Å². The van der Waals surface area contributed by atoms with Crippen LogP contribution in [0.15, 0.2) is 16.6 Å². The quantitative estimate of drug-likeness (QED) is 0.428. The van der Waals surface area contributed by atoms with Crippen LogP contribution in [0.25, 0.3) is 0 Å². The lowest BCUT2D eigenvalue weighted by Crippen LogP contribution is -1.93. The molecule has 0 unspecified atom stereocenters. The fourth-order valence-electron chi connectivity index (χ4n) is 0.657. The van der Waals surface area contributed by atoms with Crippen molar-refractivity contribution in [3.8, 4) is 0 Å². The first-order valence-electron chi connectivity index (χ1n) is 2.82. The first kappa shape index (κ1) is 9.05. The second-order valence-electron chi connectivity index (χ2n) is 1.95. The van der Waals surface area contributed by atoms with E-state index in [1.54, 1.807) is 0 Å². The first-order valence-corrected chi connectivity index (χ1v) is 3.61. The Bertz CT molecular complexity index is 343. The van der Waals surface area contributed by atoms with Gasteiger partial charge in [0.15, 0.2) is 11.6 Å². The van der Waals surface area contributed by atoms with Gasteiger partial charge in [-0.25, -0.2) is 8.78 Å². The highest BCUT2D eigenvalue weighted by atomic mass is 79.9. The molecule has 1 aromatic carbocycles. The number of hydrogen-bond donors (Lipinski definition) is 0. The molecule has 1 rings (SSSR count). The van der Waals surface area contributed by atoms with E-state index in [0.29, 0.717) is 6.07 Å². The Hall–Kier alpha value is -1.04. The Kier molecular flexibility index (Phi) is 2.37. The van der Waals surface area contributed by atoms with Gasteiger partial charge < -0.3 is 0 Å². The van der Waals surface area contributed by atoms with Crippen molar-refractivity contribution in [3.63, 3.8) is 0 Å². The van der Waals surface area contributed by atoms with Crippen LogP contribution in [0, 0.1) is 21.7 Å². The Morgan fingerprint density at radius 2 is 2.00 bits per heavy atom. The molecule has 0 amide bonds. The summed E-state index contributed by atoms with van der Waals surface area (Å²) in [6.45, 7) is 0. The second-order valence-corrected chi connectivity index (χ2v) is 2.74. The van der Waals surface area contributed by atoms with Crippen LogP contribution in [-0.4, -0.2) is 4.92 Å². The Morgan fingerprint density at radius 3 is 2.50 bits per heavy atom. The molecule has 12 heavy (non-hydrogen) atoms. The molecule has 0 bridgehead atoms. The van der Waals surface area contributed by atoms with E-state index in [4.69, 9.17) is 0 Å². The average Bonchev–Trinajstić information content (AvgIpc) is 2.00. The van der Waals surface area contributed by atoms with E-state index >= 15 is 0 Å². The average molecular weight is 238 g/mol. The summed E-state index contributed by atoms with van der Waals surface area (Å²) in [5.74, 6) is -2.36. The number of nitro groups is 1. The lowest BCUT2D eigenvalue weighted by molar-refractivity contribution is -0.385. The second kappa shape index (κ2) is 3.14. The van der Waals surface area contributed by atoms with Gasteiger partial charge in [0, 0.05) is 6.07 Å². The summed E-state index contributed by atoms with van der Waals surface area (Å²) in [4.78, 5) is 9.37. The number of nitro benzene ring substituents is 1. The van der Waals surface area contributed by atoms with Crippen molar-refractivity contribution in [1.82, 2.24) is 0 Å². The Balaban J connectivity index is 3.36. The van der Waals surface area contributed by atoms with Crippen molar-refractivity contribution in [2.45, 2.75) is 0 Å². The van der Waals surface area contributed by atoms with Crippen LogP contribution in [0.4, 0.5) is 14.5 Å². The van der Waals surface area contributed by atoms with Crippen LogP contribution in [0.5, 0.6) is 0 Å². The zero-order valence-corrected chi connectivity index (χ0v) is 7.14. The van der Waals surface area contributed by atoms with E-state index in [0.717, 1.165) is 6.07 Å². The number of benzene rings is 1. The maximum Gasteiger partial charge on any atom is 0.286 e. The molecule has 0 radical (unpaired) electrons. The lowest BCUT2D eigenvalue weighted by Gasteiger charge is -1.96. The third-order valence-corrected chi connectivity index (χ3v) is 1.97. The summed E-state index contributed by atoms with van der Waals surface area (Å²) < 4.78 is 24.6. The van der Waals surface area contributed by atoms with E-state index in [-0.39, 0.29) is 0 Å². The van der Waals surface area contributed by atoms with Crippen LogP contribution in [-0.2, 0) is 0 Å². The number of halogens is 3. The van der Waals surface area contributed by atoms with Crippen molar-refractivity contribution < 1.29 is 13.7 Å². The maximum absolute atomic E-state index is 12.6. The summed E-state index contributed by atoms with van der Waals surface area (Å²) in [7, 11) is 0. The van der Waals surface area contributed by atoms with E-state index < -0.39 is 26.7 Å². The molecule has 0 spiro atoms. The molecule has 0 saturated carbocycles. The molecule has 0 aliphatic carbocycles. The summed E-state index contributed by atoms with van der Waals surface area (Å²) in [5.41, 5.74) is -0.492. The van der Waals surface area contributed by atoms with Crippen LogP contribution < -0.4 is 0 Å². The fraction of sp³-hybridized carbons (Fsp3) is 0. The molecule has 0 aliphatic rings. The van der Waals surface area contributed by atoms with Crippen molar-refractivity contribution in [3.05, 3.63) is 38.4 Å². The molecule has 0 atom stereocenters. The zero-order valence-electron chi connectivity index (χ0n) is 5.55. The van der Waals surface area contributed by atoms with Gasteiger partial charge in [-0.05, 0) is 22.0 Å². The van der Waals surface area contributed by atoms with Crippen LogP contribution >= 0.6 is 15.9 Å². The SMILES string of the molecule is O=[N+]([O-])c1ccc(F)c(F)c1Br. The van der Waals surface area contributed by atoms with Crippen molar-refractivity contribution in [2.24, 2.45) is 0 Å². The molecule has 0 fully saturated rings. The minimum absolute atomic E-state index is 0.465. The standard InChI is InChI=1S/C6H2BrF2NO2/c7-5-4(10(11)12)2-1-3(8)6(5)9/h1-2H. The van der Waals surface area contributed by atoms with Crippen molar-refractivity contribution in [2.75, 3.05) is 0 Å². The van der Waals surface area contributed by atoms with Crippen LogP contribution in [0.3, 0.4) is 0 Å². The van der Waals surface area contributed by atoms with Gasteiger partial charge in [-0.3, -0.25) is 10.1 Å². The highest BCUT2D eigenvalue weighted by Gasteiger charge is 2.18. The van der Waals surface area contributed by atoms with Crippen molar-refractivity contribution in [1.29, 1.82) is 0 Å². The minimum Gasteiger partial charge on any atom is -0.258 e. The van der Waals surface area contributed by atoms with Crippen LogP contribution in [0.2, 0.25) is 0 Å². The third-order valence-electron chi connectivity index (χ3n) is 1.21. The Labute approximate surface area is 74.3 Å². The third kappa shape index (κ3) is 1.42. The smallest absolute Gasteiger partial charge is 0.258 e. The predicted octanol–water partition coefficient (Wildman–Crippen LogP) is 2.64. The minimum atomic E-state index is -1.25. The molecule has 0 heterocycles. The fourth-order valence-corrected chi connectivity index (χ4v) is 1.12. The molecule has 0 aliphatic heterocycles. The van der Waals surface area contributed by atoms with Gasteiger partial charge in [0.2, 0.25) is 0 Å². The largest absolute Gasteiger partial charge is 0.286 e. The van der Waals surface area contributed by atoms with E-state index in [1.165, 1.54) is 0 Å². The summed E-state index contributed by atoms with van der Waals surface area (Å²) in [6, 6.07) is 1.60. The summed E-state index contributed by atoms with van der Waals surface area (Å²) in [6.07, 6.45) is 0. The van der Waals surface area contributed by atoms with Gasteiger partial charge in [-0.1, -0.05) is 0 Å². The predicted molar refractivity (Wildman–Crippen MR) is 40.7 cm³/mol. The van der Waals surface area contributed by atoms with Crippen molar-refractivity contribution >= 4 is 21.6 Å². The normalized spacial score (nSPS) is 9.92.